The van der Waals surface area contributed by atoms with Crippen LogP contribution in [0.4, 0.5) is 11.4 Å². The van der Waals surface area contributed by atoms with E-state index in [0.717, 1.165) is 12.8 Å². The van der Waals surface area contributed by atoms with Crippen LogP contribution >= 0.6 is 0 Å². The number of para-hydroxylation sites is 2. The van der Waals surface area contributed by atoms with E-state index in [1.54, 1.807) is 0 Å². The second-order valence-corrected chi connectivity index (χ2v) is 16.8. The summed E-state index contributed by atoms with van der Waals surface area (Å²) < 4.78 is 0. The molecular weight excluding hydrogens is 517 g/mol. The summed E-state index contributed by atoms with van der Waals surface area (Å²) in [5.41, 5.74) is 9.11. The zero-order chi connectivity index (χ0) is 32.0. The molecule has 2 aromatic carbocycles. The fraction of sp³-hybridized carbons (Fsp3) is 0.650. The van der Waals surface area contributed by atoms with Gasteiger partial charge in [-0.15, -0.1) is 0 Å². The largest absolute Gasteiger partial charge is 0.355 e. The van der Waals surface area contributed by atoms with Gasteiger partial charge in [-0.2, -0.15) is 0 Å². The van der Waals surface area contributed by atoms with Crippen molar-refractivity contribution in [1.29, 1.82) is 0 Å². The summed E-state index contributed by atoms with van der Waals surface area (Å²) in [6, 6.07) is 13.6. The number of hydrogen-bond donors (Lipinski definition) is 0. The van der Waals surface area contributed by atoms with E-state index >= 15 is 0 Å². The van der Waals surface area contributed by atoms with Gasteiger partial charge >= 0.3 is 0 Å². The predicted octanol–water partition coefficient (Wildman–Crippen LogP) is 11.6. The molecule has 2 aromatic rings. The van der Waals surface area contributed by atoms with Crippen LogP contribution in [0.2, 0.25) is 0 Å². The summed E-state index contributed by atoms with van der Waals surface area (Å²) in [7, 11) is 0. The van der Waals surface area contributed by atoms with Gasteiger partial charge in [0, 0.05) is 32.6 Å². The van der Waals surface area contributed by atoms with Gasteiger partial charge in [-0.25, -0.2) is 0 Å². The SMILES string of the molecule is CC(C)c1cccc(C(C)C)c1N1[C]C(C)(C)CC1(C)C.CC(C)c1cccc(C(C)C)c1N1[C]C(C)(C)CC1(C)C.[Be]. The Bertz CT molecular complexity index is 1070. The second kappa shape index (κ2) is 13.3. The number of anilines is 2. The molecule has 2 aliphatic heterocycles. The first kappa shape index (κ1) is 37.4. The van der Waals surface area contributed by atoms with Crippen LogP contribution < -0.4 is 9.80 Å². The molecule has 0 aromatic heterocycles. The predicted molar refractivity (Wildman–Crippen MR) is 191 cm³/mol. The topological polar surface area (TPSA) is 6.48 Å². The summed E-state index contributed by atoms with van der Waals surface area (Å²) >= 11 is 0. The standard InChI is InChI=1S/2C20H31N.Be/c2*1-14(2)16-10-9-11-17(15(3)4)18(16)21-13-19(5,6)12-20(21,7)8;/h2*9-11,14-15H,12H2,1-8H3;. The van der Waals surface area contributed by atoms with Crippen molar-refractivity contribution in [2.45, 2.75) is 158 Å². The summed E-state index contributed by atoms with van der Waals surface area (Å²) in [5, 5.41) is 0. The van der Waals surface area contributed by atoms with Crippen LogP contribution in [-0.2, 0) is 0 Å². The molecule has 43 heavy (non-hydrogen) atoms. The van der Waals surface area contributed by atoms with Gasteiger partial charge in [0.2, 0.25) is 0 Å². The summed E-state index contributed by atoms with van der Waals surface area (Å²) in [4.78, 5) is 4.88. The number of hydrogen-bond acceptors (Lipinski definition) is 2. The van der Waals surface area contributed by atoms with Crippen LogP contribution in [0.25, 0.3) is 0 Å². The molecule has 0 bridgehead atoms. The van der Waals surface area contributed by atoms with Gasteiger partial charge in [0.25, 0.3) is 0 Å². The molecule has 2 saturated heterocycles. The summed E-state index contributed by atoms with van der Waals surface area (Å²) in [6.45, 7) is 44.4. The van der Waals surface area contributed by atoms with Crippen LogP contribution in [0.15, 0.2) is 36.4 Å². The smallest absolute Gasteiger partial charge is 0.0980 e. The molecular formula is C40H62BeN2. The molecule has 0 unspecified atom stereocenters. The Morgan fingerprint density at radius 2 is 0.721 bits per heavy atom. The Morgan fingerprint density at radius 3 is 0.884 bits per heavy atom. The van der Waals surface area contributed by atoms with Crippen molar-refractivity contribution in [1.82, 2.24) is 0 Å². The third kappa shape index (κ3) is 8.28. The Balaban J connectivity index is 0.000000293. The molecule has 6 radical (unpaired) electrons. The molecule has 2 heterocycles. The van der Waals surface area contributed by atoms with Crippen LogP contribution in [0, 0.1) is 23.9 Å². The van der Waals surface area contributed by atoms with Crippen LogP contribution in [0.3, 0.4) is 0 Å². The molecule has 4 rings (SSSR count). The van der Waals surface area contributed by atoms with Crippen LogP contribution in [0.1, 0.15) is 170 Å². The minimum Gasteiger partial charge on any atom is -0.355 e. The van der Waals surface area contributed by atoms with Gasteiger partial charge in [0.15, 0.2) is 0 Å². The molecule has 0 N–H and O–H groups in total. The van der Waals surface area contributed by atoms with Gasteiger partial charge < -0.3 is 9.80 Å². The molecule has 2 fully saturated rings. The van der Waals surface area contributed by atoms with E-state index in [4.69, 9.17) is 0 Å². The summed E-state index contributed by atoms with van der Waals surface area (Å²) in [6.07, 6.45) is 2.29. The third-order valence-electron chi connectivity index (χ3n) is 8.92. The molecule has 0 atom stereocenters. The normalized spacial score (nSPS) is 20.1. The van der Waals surface area contributed by atoms with Gasteiger partial charge in [0.1, 0.15) is 0 Å². The van der Waals surface area contributed by atoms with Crippen molar-refractivity contribution in [3.8, 4) is 0 Å². The minimum atomic E-state index is 0. The zero-order valence-corrected chi connectivity index (χ0v) is 30.8. The zero-order valence-electron chi connectivity index (χ0n) is 30.8. The second-order valence-electron chi connectivity index (χ2n) is 16.8. The first-order valence-corrected chi connectivity index (χ1v) is 16.5. The maximum Gasteiger partial charge on any atom is 0.0980 e. The van der Waals surface area contributed by atoms with Gasteiger partial charge in [-0.3, -0.25) is 0 Å². The van der Waals surface area contributed by atoms with E-state index in [2.05, 4.69) is 170 Å². The van der Waals surface area contributed by atoms with E-state index < -0.39 is 0 Å². The Morgan fingerprint density at radius 1 is 0.488 bits per heavy atom. The molecule has 0 spiro atoms. The molecule has 0 saturated carbocycles. The first-order chi connectivity index (χ1) is 19.1. The average molecular weight is 580 g/mol. The fourth-order valence-electron chi connectivity index (χ4n) is 7.57. The van der Waals surface area contributed by atoms with E-state index in [1.807, 2.05) is 0 Å². The van der Waals surface area contributed by atoms with E-state index in [1.165, 1.54) is 33.6 Å². The van der Waals surface area contributed by atoms with Crippen molar-refractivity contribution in [2.75, 3.05) is 9.80 Å². The van der Waals surface area contributed by atoms with Crippen molar-refractivity contribution < 1.29 is 0 Å². The monoisotopic (exact) mass is 580 g/mol. The Hall–Kier alpha value is -1.79. The van der Waals surface area contributed by atoms with E-state index in [9.17, 15) is 0 Å². The van der Waals surface area contributed by atoms with Crippen molar-refractivity contribution in [2.24, 2.45) is 10.8 Å². The number of benzene rings is 2. The fourth-order valence-corrected chi connectivity index (χ4v) is 7.57. The molecule has 2 aliphatic rings. The first-order valence-electron chi connectivity index (χ1n) is 16.5. The molecule has 2 nitrogen and oxygen atoms in total. The quantitative estimate of drug-likeness (QED) is 0.314. The van der Waals surface area contributed by atoms with Gasteiger partial charge in [0.05, 0.1) is 13.1 Å². The van der Waals surface area contributed by atoms with E-state index in [0.29, 0.717) is 23.7 Å². The van der Waals surface area contributed by atoms with Gasteiger partial charge in [-0.05, 0) is 97.3 Å². The molecule has 3 heteroatoms. The third-order valence-corrected chi connectivity index (χ3v) is 8.92. The van der Waals surface area contributed by atoms with Crippen LogP contribution in [-0.4, -0.2) is 21.2 Å². The van der Waals surface area contributed by atoms with Crippen molar-refractivity contribution in [3.63, 3.8) is 0 Å². The van der Waals surface area contributed by atoms with Crippen molar-refractivity contribution in [3.05, 3.63) is 71.7 Å². The number of rotatable bonds is 6. The average Bonchev–Trinajstić information content (AvgIpc) is 3.21. The minimum absolute atomic E-state index is 0. The van der Waals surface area contributed by atoms with Crippen LogP contribution in [0.5, 0.6) is 0 Å². The molecule has 234 valence electrons. The maximum absolute atomic E-state index is 3.76. The Kier molecular flexibility index (Phi) is 11.6. The van der Waals surface area contributed by atoms with Gasteiger partial charge in [-0.1, -0.05) is 119 Å². The number of nitrogens with zero attached hydrogens (tertiary/aromatic N) is 2. The molecule has 0 aliphatic carbocycles. The van der Waals surface area contributed by atoms with E-state index in [-0.39, 0.29) is 32.0 Å². The molecule has 0 amide bonds. The Labute approximate surface area is 271 Å². The summed E-state index contributed by atoms with van der Waals surface area (Å²) in [5.74, 6) is 2.11. The van der Waals surface area contributed by atoms with Crippen molar-refractivity contribution >= 4 is 21.5 Å². The maximum atomic E-state index is 3.76.